The van der Waals surface area contributed by atoms with Crippen LogP contribution in [0.4, 0.5) is 5.69 Å². The Kier molecular flexibility index (Phi) is 4.78. The maximum Gasteiger partial charge on any atom is 0.264 e. The van der Waals surface area contributed by atoms with Gasteiger partial charge in [0.2, 0.25) is 0 Å². The number of likely N-dealkylation sites (N-methyl/N-ethyl adjacent to an activating group) is 1. The van der Waals surface area contributed by atoms with E-state index in [4.69, 9.17) is 9.47 Å². The monoisotopic (exact) mass is 376 g/mol. The molecule has 138 valence electrons. The van der Waals surface area contributed by atoms with Crippen LogP contribution in [0.3, 0.4) is 0 Å². The van der Waals surface area contributed by atoms with Crippen LogP contribution in [0.1, 0.15) is 5.56 Å². The van der Waals surface area contributed by atoms with Crippen LogP contribution in [0.15, 0.2) is 47.4 Å². The minimum atomic E-state index is -3.87. The number of fused-ring (bicyclic) bond motifs is 1. The van der Waals surface area contributed by atoms with Crippen LogP contribution >= 0.6 is 0 Å². The maximum absolute atomic E-state index is 13.2. The summed E-state index contributed by atoms with van der Waals surface area (Å²) in [4.78, 5) is 12.2. The summed E-state index contributed by atoms with van der Waals surface area (Å²) in [6.45, 7) is 1.76. The lowest BCUT2D eigenvalue weighted by Crippen LogP contribution is -2.50. The summed E-state index contributed by atoms with van der Waals surface area (Å²) < 4.78 is 38.4. The van der Waals surface area contributed by atoms with Crippen molar-refractivity contribution in [3.05, 3.63) is 48.0 Å². The minimum absolute atomic E-state index is 0.107. The smallest absolute Gasteiger partial charge is 0.264 e. The van der Waals surface area contributed by atoms with Crippen molar-refractivity contribution >= 4 is 21.6 Å². The van der Waals surface area contributed by atoms with Crippen LogP contribution in [0.25, 0.3) is 0 Å². The quantitative estimate of drug-likeness (QED) is 0.878. The number of sulfonamides is 1. The van der Waals surface area contributed by atoms with Gasteiger partial charge >= 0.3 is 0 Å². The zero-order valence-corrected chi connectivity index (χ0v) is 15.5. The second-order valence-electron chi connectivity index (χ2n) is 5.90. The van der Waals surface area contributed by atoms with E-state index in [9.17, 15) is 13.2 Å². The molecule has 0 fully saturated rings. The molecule has 0 aromatic heterocycles. The Morgan fingerprint density at radius 3 is 2.54 bits per heavy atom. The number of carbonyl (C=O) groups is 1. The number of hydrogen-bond donors (Lipinski definition) is 1. The summed E-state index contributed by atoms with van der Waals surface area (Å²) in [5.41, 5.74) is 1.31. The second kappa shape index (κ2) is 6.87. The number of hydrogen-bond acceptors (Lipinski definition) is 5. The molecule has 7 nitrogen and oxygen atoms in total. The Morgan fingerprint density at radius 2 is 1.92 bits per heavy atom. The van der Waals surface area contributed by atoms with Gasteiger partial charge in [-0.25, -0.2) is 8.42 Å². The number of rotatable bonds is 4. The number of anilines is 1. The van der Waals surface area contributed by atoms with E-state index in [-0.39, 0.29) is 17.3 Å². The number of ether oxygens (including phenoxy) is 2. The van der Waals surface area contributed by atoms with Gasteiger partial charge in [0.1, 0.15) is 11.5 Å². The summed E-state index contributed by atoms with van der Waals surface area (Å²) in [7, 11) is -0.872. The van der Waals surface area contributed by atoms with E-state index < -0.39 is 16.1 Å². The normalized spacial score (nSPS) is 16.4. The molecule has 1 heterocycles. The molecule has 0 saturated heterocycles. The molecule has 1 atom stereocenters. The van der Waals surface area contributed by atoms with Gasteiger partial charge in [0.05, 0.1) is 24.2 Å². The van der Waals surface area contributed by atoms with Crippen LogP contribution in [0.2, 0.25) is 0 Å². The average Bonchev–Trinajstić information content (AvgIpc) is 2.66. The number of nitrogens with one attached hydrogen (secondary N) is 1. The predicted octanol–water partition coefficient (Wildman–Crippen LogP) is 1.71. The van der Waals surface area contributed by atoms with Gasteiger partial charge < -0.3 is 14.8 Å². The van der Waals surface area contributed by atoms with Crippen molar-refractivity contribution in [3.8, 4) is 11.5 Å². The Labute approximate surface area is 152 Å². The SMILES string of the molecule is CNC(=O)[C@@H]1CN(S(=O)(=O)c2ccc(OC)cc2)c2ccc(C)cc2O1. The molecular weight excluding hydrogens is 356 g/mol. The third-order valence-electron chi connectivity index (χ3n) is 4.17. The van der Waals surface area contributed by atoms with Crippen LogP contribution in [-0.2, 0) is 14.8 Å². The Morgan fingerprint density at radius 1 is 1.23 bits per heavy atom. The highest BCUT2D eigenvalue weighted by molar-refractivity contribution is 7.92. The van der Waals surface area contributed by atoms with E-state index >= 15 is 0 Å². The lowest BCUT2D eigenvalue weighted by atomic mass is 10.1. The third-order valence-corrected chi connectivity index (χ3v) is 5.97. The Bertz CT molecular complexity index is 925. The van der Waals surface area contributed by atoms with Crippen molar-refractivity contribution in [1.82, 2.24) is 5.32 Å². The zero-order chi connectivity index (χ0) is 18.9. The zero-order valence-electron chi connectivity index (χ0n) is 14.7. The highest BCUT2D eigenvalue weighted by Crippen LogP contribution is 2.37. The highest BCUT2D eigenvalue weighted by Gasteiger charge is 2.37. The number of carbonyl (C=O) groups excluding carboxylic acids is 1. The molecule has 0 spiro atoms. The van der Waals surface area contributed by atoms with Crippen molar-refractivity contribution in [2.45, 2.75) is 17.9 Å². The lowest BCUT2D eigenvalue weighted by molar-refractivity contribution is -0.127. The van der Waals surface area contributed by atoms with Crippen molar-refractivity contribution < 1.29 is 22.7 Å². The largest absolute Gasteiger partial charge is 0.497 e. The first-order chi connectivity index (χ1) is 12.4. The van der Waals surface area contributed by atoms with Gasteiger partial charge in [-0.3, -0.25) is 9.10 Å². The number of nitrogens with zero attached hydrogens (tertiary/aromatic N) is 1. The molecule has 0 unspecified atom stereocenters. The highest BCUT2D eigenvalue weighted by atomic mass is 32.2. The fraction of sp³-hybridized carbons (Fsp3) is 0.278. The third kappa shape index (κ3) is 3.20. The summed E-state index contributed by atoms with van der Waals surface area (Å²) >= 11 is 0. The standard InChI is InChI=1S/C18H20N2O5S/c1-12-4-9-15-16(10-12)25-17(18(21)19-2)11-20(15)26(22,23)14-7-5-13(24-3)6-8-14/h4-10,17H,11H2,1-3H3,(H,19,21)/t17-/m0/s1. The maximum atomic E-state index is 13.2. The topological polar surface area (TPSA) is 84.9 Å². The summed E-state index contributed by atoms with van der Waals surface area (Å²) in [6.07, 6.45) is -0.928. The number of amides is 1. The summed E-state index contributed by atoms with van der Waals surface area (Å²) in [5, 5.41) is 2.50. The average molecular weight is 376 g/mol. The fourth-order valence-electron chi connectivity index (χ4n) is 2.76. The first-order valence-corrected chi connectivity index (χ1v) is 9.46. The molecule has 2 aromatic carbocycles. The molecule has 1 aliphatic heterocycles. The first kappa shape index (κ1) is 18.1. The van der Waals surface area contributed by atoms with E-state index in [1.165, 1.54) is 30.6 Å². The predicted molar refractivity (Wildman–Crippen MR) is 97.2 cm³/mol. The molecule has 2 aromatic rings. The van der Waals surface area contributed by atoms with Gasteiger partial charge in [-0.1, -0.05) is 6.07 Å². The molecule has 0 radical (unpaired) electrons. The van der Waals surface area contributed by atoms with Crippen LogP contribution in [0.5, 0.6) is 11.5 Å². The van der Waals surface area contributed by atoms with Crippen LogP contribution in [-0.4, -0.2) is 41.1 Å². The Hall–Kier alpha value is -2.74. The molecule has 3 rings (SSSR count). The molecule has 0 aliphatic carbocycles. The van der Waals surface area contributed by atoms with Gasteiger partial charge in [-0.15, -0.1) is 0 Å². The summed E-state index contributed by atoms with van der Waals surface area (Å²) in [5.74, 6) is 0.541. The van der Waals surface area contributed by atoms with Gasteiger partial charge in [0.25, 0.3) is 15.9 Å². The van der Waals surface area contributed by atoms with E-state index in [0.29, 0.717) is 17.2 Å². The van der Waals surface area contributed by atoms with Crippen LogP contribution < -0.4 is 19.1 Å². The molecule has 1 N–H and O–H groups in total. The molecule has 0 saturated carbocycles. The van der Waals surface area contributed by atoms with E-state index in [1.54, 1.807) is 30.3 Å². The number of benzene rings is 2. The van der Waals surface area contributed by atoms with Crippen molar-refractivity contribution in [2.75, 3.05) is 25.0 Å². The Balaban J connectivity index is 2.07. The number of aryl methyl sites for hydroxylation is 1. The molecule has 1 aliphatic rings. The van der Waals surface area contributed by atoms with Gasteiger partial charge in [0.15, 0.2) is 6.10 Å². The molecule has 0 bridgehead atoms. The summed E-state index contributed by atoms with van der Waals surface area (Å²) in [6, 6.07) is 11.3. The molecule has 1 amide bonds. The van der Waals surface area contributed by atoms with E-state index in [0.717, 1.165) is 5.56 Å². The van der Waals surface area contributed by atoms with Gasteiger partial charge in [-0.05, 0) is 48.9 Å². The minimum Gasteiger partial charge on any atom is -0.497 e. The van der Waals surface area contributed by atoms with Gasteiger partial charge in [-0.2, -0.15) is 0 Å². The molecular formula is C18H20N2O5S. The van der Waals surface area contributed by atoms with E-state index in [2.05, 4.69) is 5.32 Å². The van der Waals surface area contributed by atoms with Crippen molar-refractivity contribution in [1.29, 1.82) is 0 Å². The van der Waals surface area contributed by atoms with E-state index in [1.807, 2.05) is 6.92 Å². The second-order valence-corrected chi connectivity index (χ2v) is 7.77. The molecule has 26 heavy (non-hydrogen) atoms. The van der Waals surface area contributed by atoms with Crippen molar-refractivity contribution in [3.63, 3.8) is 0 Å². The van der Waals surface area contributed by atoms with Crippen LogP contribution in [0, 0.1) is 6.92 Å². The number of methoxy groups -OCH3 is 1. The lowest BCUT2D eigenvalue weighted by Gasteiger charge is -2.34. The van der Waals surface area contributed by atoms with Gasteiger partial charge in [0, 0.05) is 7.05 Å². The molecule has 8 heteroatoms. The fourth-order valence-corrected chi connectivity index (χ4v) is 4.24. The van der Waals surface area contributed by atoms with Crippen molar-refractivity contribution in [2.24, 2.45) is 0 Å². The first-order valence-electron chi connectivity index (χ1n) is 8.02.